The second-order valence-electron chi connectivity index (χ2n) is 3.87. The number of hydrogen-bond acceptors (Lipinski definition) is 3. The van der Waals surface area contributed by atoms with Crippen molar-refractivity contribution >= 4 is 5.97 Å². The summed E-state index contributed by atoms with van der Waals surface area (Å²) in [5, 5.41) is 0. The smallest absolute Gasteiger partial charge is 0.313 e. The van der Waals surface area contributed by atoms with Gasteiger partial charge >= 0.3 is 5.97 Å². The zero-order chi connectivity index (χ0) is 12.7. The topological polar surface area (TPSA) is 35.5 Å². The Bertz CT molecular complexity index is 360. The molecule has 0 radical (unpaired) electrons. The van der Waals surface area contributed by atoms with E-state index in [1.54, 1.807) is 7.11 Å². The van der Waals surface area contributed by atoms with Crippen molar-refractivity contribution in [2.24, 2.45) is 0 Å². The first-order valence-corrected chi connectivity index (χ1v) is 6.04. The van der Waals surface area contributed by atoms with E-state index in [1.165, 1.54) is 0 Å². The van der Waals surface area contributed by atoms with Crippen LogP contribution in [0.1, 0.15) is 38.2 Å². The molecule has 0 heterocycles. The number of rotatable bonds is 6. The summed E-state index contributed by atoms with van der Waals surface area (Å²) in [7, 11) is 1.61. The van der Waals surface area contributed by atoms with Gasteiger partial charge in [0, 0.05) is 5.56 Å². The molecule has 1 unspecified atom stereocenters. The first-order valence-electron chi connectivity index (χ1n) is 6.04. The summed E-state index contributed by atoms with van der Waals surface area (Å²) in [5.41, 5.74) is 0.901. The van der Waals surface area contributed by atoms with Crippen LogP contribution in [0.25, 0.3) is 0 Å². The molecule has 0 aromatic heterocycles. The summed E-state index contributed by atoms with van der Waals surface area (Å²) in [6, 6.07) is 7.59. The maximum Gasteiger partial charge on any atom is 0.313 e. The molecule has 1 rings (SSSR count). The summed E-state index contributed by atoms with van der Waals surface area (Å²) in [6.07, 6.45) is 1.55. The van der Waals surface area contributed by atoms with Gasteiger partial charge in [0.2, 0.25) is 0 Å². The highest BCUT2D eigenvalue weighted by Gasteiger charge is 2.22. The van der Waals surface area contributed by atoms with Crippen LogP contribution in [0.15, 0.2) is 24.3 Å². The molecule has 3 heteroatoms. The van der Waals surface area contributed by atoms with Crippen molar-refractivity contribution in [2.75, 3.05) is 13.7 Å². The Labute approximate surface area is 103 Å². The summed E-state index contributed by atoms with van der Waals surface area (Å²) in [5.74, 6) is 0.337. The van der Waals surface area contributed by atoms with Crippen molar-refractivity contribution in [2.45, 2.75) is 32.6 Å². The molecule has 0 spiro atoms. The fourth-order valence-corrected chi connectivity index (χ4v) is 1.77. The average molecular weight is 236 g/mol. The third kappa shape index (κ3) is 3.48. The first-order chi connectivity index (χ1) is 8.24. The lowest BCUT2D eigenvalue weighted by atomic mass is 9.96. The lowest BCUT2D eigenvalue weighted by Gasteiger charge is -2.17. The molecule has 1 atom stereocenters. The Kier molecular flexibility index (Phi) is 5.53. The highest BCUT2D eigenvalue weighted by Crippen LogP contribution is 2.29. The molecule has 0 saturated carbocycles. The van der Waals surface area contributed by atoms with Crippen molar-refractivity contribution < 1.29 is 14.3 Å². The van der Waals surface area contributed by atoms with E-state index in [1.807, 2.05) is 38.1 Å². The van der Waals surface area contributed by atoms with Crippen LogP contribution in [-0.4, -0.2) is 19.7 Å². The van der Waals surface area contributed by atoms with Crippen molar-refractivity contribution in [3.05, 3.63) is 29.8 Å². The number of ether oxygens (including phenoxy) is 2. The molecule has 0 amide bonds. The zero-order valence-corrected chi connectivity index (χ0v) is 10.7. The molecule has 1 aromatic rings. The number of para-hydroxylation sites is 1. The van der Waals surface area contributed by atoms with Gasteiger partial charge in [-0.1, -0.05) is 32.0 Å². The molecule has 0 bridgehead atoms. The van der Waals surface area contributed by atoms with E-state index in [4.69, 9.17) is 9.47 Å². The highest BCUT2D eigenvalue weighted by molar-refractivity contribution is 5.79. The van der Waals surface area contributed by atoms with Crippen LogP contribution in [0, 0.1) is 0 Å². The van der Waals surface area contributed by atoms with Gasteiger partial charge in [0.25, 0.3) is 0 Å². The van der Waals surface area contributed by atoms with E-state index in [2.05, 4.69) is 0 Å². The Morgan fingerprint density at radius 2 is 2.00 bits per heavy atom. The molecule has 17 heavy (non-hydrogen) atoms. The van der Waals surface area contributed by atoms with Crippen molar-refractivity contribution in [3.63, 3.8) is 0 Å². The summed E-state index contributed by atoms with van der Waals surface area (Å²) in [6.45, 7) is 4.44. The van der Waals surface area contributed by atoms with Gasteiger partial charge in [0.15, 0.2) is 0 Å². The van der Waals surface area contributed by atoms with Crippen molar-refractivity contribution in [1.29, 1.82) is 0 Å². The normalized spacial score (nSPS) is 11.9. The Balaban J connectivity index is 2.88. The van der Waals surface area contributed by atoms with Crippen LogP contribution < -0.4 is 4.74 Å². The van der Waals surface area contributed by atoms with Crippen LogP contribution >= 0.6 is 0 Å². The van der Waals surface area contributed by atoms with Crippen LogP contribution in [-0.2, 0) is 9.53 Å². The van der Waals surface area contributed by atoms with Gasteiger partial charge in [-0.25, -0.2) is 0 Å². The minimum atomic E-state index is -0.238. The quantitative estimate of drug-likeness (QED) is 0.712. The maximum absolute atomic E-state index is 11.9. The fraction of sp³-hybridized carbons (Fsp3) is 0.500. The predicted octanol–water partition coefficient (Wildman–Crippen LogP) is 3.14. The van der Waals surface area contributed by atoms with Gasteiger partial charge < -0.3 is 9.47 Å². The molecule has 94 valence electrons. The maximum atomic E-state index is 11.9. The number of esters is 1. The zero-order valence-electron chi connectivity index (χ0n) is 10.7. The standard InChI is InChI=1S/C14H20O3/c1-4-10-17-14(15)11(5-2)12-8-6-7-9-13(12)16-3/h6-9,11H,4-5,10H2,1-3H3. The van der Waals surface area contributed by atoms with Crippen LogP contribution in [0.3, 0.4) is 0 Å². The van der Waals surface area contributed by atoms with Gasteiger partial charge in [-0.2, -0.15) is 0 Å². The molecule has 0 aliphatic rings. The van der Waals surface area contributed by atoms with Gasteiger partial charge in [0.05, 0.1) is 19.6 Å². The minimum absolute atomic E-state index is 0.168. The lowest BCUT2D eigenvalue weighted by Crippen LogP contribution is -2.16. The van der Waals surface area contributed by atoms with Gasteiger partial charge in [-0.3, -0.25) is 4.79 Å². The van der Waals surface area contributed by atoms with E-state index >= 15 is 0 Å². The number of benzene rings is 1. The number of methoxy groups -OCH3 is 1. The first kappa shape index (κ1) is 13.6. The van der Waals surface area contributed by atoms with Crippen molar-refractivity contribution in [1.82, 2.24) is 0 Å². The third-order valence-corrected chi connectivity index (χ3v) is 2.66. The van der Waals surface area contributed by atoms with Crippen LogP contribution in [0.5, 0.6) is 5.75 Å². The molecule has 0 aliphatic heterocycles. The van der Waals surface area contributed by atoms with E-state index < -0.39 is 0 Å². The molecular weight excluding hydrogens is 216 g/mol. The molecular formula is C14H20O3. The predicted molar refractivity (Wildman–Crippen MR) is 67.3 cm³/mol. The molecule has 3 nitrogen and oxygen atoms in total. The SMILES string of the molecule is CCCOC(=O)C(CC)c1ccccc1OC. The summed E-state index contributed by atoms with van der Waals surface area (Å²) >= 11 is 0. The lowest BCUT2D eigenvalue weighted by molar-refractivity contribution is -0.145. The van der Waals surface area contributed by atoms with E-state index in [0.717, 1.165) is 17.7 Å². The van der Waals surface area contributed by atoms with Crippen LogP contribution in [0.4, 0.5) is 0 Å². The van der Waals surface area contributed by atoms with E-state index in [0.29, 0.717) is 13.0 Å². The summed E-state index contributed by atoms with van der Waals surface area (Å²) in [4.78, 5) is 11.9. The summed E-state index contributed by atoms with van der Waals surface area (Å²) < 4.78 is 10.5. The van der Waals surface area contributed by atoms with E-state index in [-0.39, 0.29) is 11.9 Å². The van der Waals surface area contributed by atoms with Gasteiger partial charge in [-0.05, 0) is 18.9 Å². The molecule has 0 aliphatic carbocycles. The molecule has 0 saturated heterocycles. The number of carbonyl (C=O) groups is 1. The third-order valence-electron chi connectivity index (χ3n) is 2.66. The molecule has 1 aromatic carbocycles. The highest BCUT2D eigenvalue weighted by atomic mass is 16.5. The average Bonchev–Trinajstić information content (AvgIpc) is 2.37. The largest absolute Gasteiger partial charge is 0.496 e. The van der Waals surface area contributed by atoms with Crippen molar-refractivity contribution in [3.8, 4) is 5.75 Å². The van der Waals surface area contributed by atoms with E-state index in [9.17, 15) is 4.79 Å². The number of carbonyl (C=O) groups excluding carboxylic acids is 1. The van der Waals surface area contributed by atoms with Gasteiger partial charge in [0.1, 0.15) is 5.75 Å². The second kappa shape index (κ2) is 6.94. The Morgan fingerprint density at radius 1 is 1.29 bits per heavy atom. The Morgan fingerprint density at radius 3 is 2.59 bits per heavy atom. The fourth-order valence-electron chi connectivity index (χ4n) is 1.77. The van der Waals surface area contributed by atoms with Gasteiger partial charge in [-0.15, -0.1) is 0 Å². The molecule has 0 fully saturated rings. The Hall–Kier alpha value is -1.51. The monoisotopic (exact) mass is 236 g/mol. The minimum Gasteiger partial charge on any atom is -0.496 e. The number of hydrogen-bond donors (Lipinski definition) is 0. The van der Waals surface area contributed by atoms with Crippen LogP contribution in [0.2, 0.25) is 0 Å². The molecule has 0 N–H and O–H groups in total. The second-order valence-corrected chi connectivity index (χ2v) is 3.87.